The molecule has 3 aromatic rings. The van der Waals surface area contributed by atoms with Crippen LogP contribution in [0.25, 0.3) is 11.3 Å². The molecule has 1 fully saturated rings. The van der Waals surface area contributed by atoms with Crippen LogP contribution in [-0.2, 0) is 0 Å². The summed E-state index contributed by atoms with van der Waals surface area (Å²) >= 11 is 0. The molecule has 1 aliphatic heterocycles. The number of aromatic amines is 1. The quantitative estimate of drug-likeness (QED) is 0.544. The minimum Gasteiger partial charge on any atom is -0.493 e. The van der Waals surface area contributed by atoms with Gasteiger partial charge < -0.3 is 19.9 Å². The lowest BCUT2D eigenvalue weighted by atomic mass is 9.82. The van der Waals surface area contributed by atoms with Gasteiger partial charge in [0.25, 0.3) is 0 Å². The van der Waals surface area contributed by atoms with Gasteiger partial charge in [-0.3, -0.25) is 5.10 Å². The number of H-pyrrole nitrogens is 1. The highest BCUT2D eigenvalue weighted by atomic mass is 16.5. The van der Waals surface area contributed by atoms with Crippen LogP contribution in [0.15, 0.2) is 47.9 Å². The van der Waals surface area contributed by atoms with E-state index in [0.717, 1.165) is 40.8 Å². The van der Waals surface area contributed by atoms with Gasteiger partial charge in [-0.25, -0.2) is 0 Å². The summed E-state index contributed by atoms with van der Waals surface area (Å²) in [6.07, 6.45) is 4.70. The Labute approximate surface area is 199 Å². The Bertz CT molecular complexity index is 1310. The molecule has 2 heterocycles. The molecule has 0 saturated heterocycles. The third-order valence-electron chi connectivity index (χ3n) is 6.71. The largest absolute Gasteiger partial charge is 0.493 e. The Hall–Kier alpha value is -3.92. The summed E-state index contributed by atoms with van der Waals surface area (Å²) < 4.78 is 17.7. The summed E-state index contributed by atoms with van der Waals surface area (Å²) in [5.74, 6) is 1.32. The van der Waals surface area contributed by atoms with E-state index in [-0.39, 0.29) is 12.0 Å². The van der Waals surface area contributed by atoms with Gasteiger partial charge in [-0.2, -0.15) is 5.26 Å². The summed E-state index contributed by atoms with van der Waals surface area (Å²) in [6.45, 7) is 4.12. The Kier molecular flexibility index (Phi) is 5.66. The minimum atomic E-state index is -0.461. The lowest BCUT2D eigenvalue weighted by molar-refractivity contribution is 0.200. The number of hydrogen-bond donors (Lipinski definition) is 2. The van der Waals surface area contributed by atoms with Gasteiger partial charge in [0.15, 0.2) is 11.5 Å². The van der Waals surface area contributed by atoms with E-state index in [1.54, 1.807) is 7.11 Å². The number of aryl methyl sites for hydroxylation is 2. The van der Waals surface area contributed by atoms with Crippen LogP contribution in [-0.4, -0.2) is 23.4 Å². The first kappa shape index (κ1) is 21.9. The Balaban J connectivity index is 1.63. The number of nitrogens with one attached hydrogen (secondary N) is 1. The topological polar surface area (TPSA) is 106 Å². The van der Waals surface area contributed by atoms with Crippen molar-refractivity contribution in [3.05, 3.63) is 70.1 Å². The maximum Gasteiger partial charge on any atom is 0.244 e. The first-order valence-corrected chi connectivity index (χ1v) is 11.6. The summed E-state index contributed by atoms with van der Waals surface area (Å²) in [6, 6.07) is 14.3. The maximum absolute atomic E-state index is 10.0. The van der Waals surface area contributed by atoms with Crippen molar-refractivity contribution in [1.29, 1.82) is 5.26 Å². The number of nitrogens with two attached hydrogens (primary N) is 1. The third-order valence-corrected chi connectivity index (χ3v) is 6.71. The Morgan fingerprint density at radius 1 is 1.12 bits per heavy atom. The monoisotopic (exact) mass is 456 g/mol. The van der Waals surface area contributed by atoms with E-state index in [0.29, 0.717) is 23.0 Å². The smallest absolute Gasteiger partial charge is 0.244 e. The van der Waals surface area contributed by atoms with Crippen molar-refractivity contribution in [1.82, 2.24) is 10.2 Å². The number of benzene rings is 2. The zero-order chi connectivity index (χ0) is 23.8. The number of rotatable bonds is 5. The van der Waals surface area contributed by atoms with E-state index < -0.39 is 5.92 Å². The zero-order valence-corrected chi connectivity index (χ0v) is 19.6. The van der Waals surface area contributed by atoms with Crippen molar-refractivity contribution in [2.45, 2.75) is 51.6 Å². The fourth-order valence-corrected chi connectivity index (χ4v) is 5.02. The van der Waals surface area contributed by atoms with Crippen LogP contribution in [0.2, 0.25) is 0 Å². The average molecular weight is 457 g/mol. The second-order valence-electron chi connectivity index (χ2n) is 9.00. The number of fused-ring (bicyclic) bond motifs is 1. The summed E-state index contributed by atoms with van der Waals surface area (Å²) in [5.41, 5.74) is 12.2. The number of ether oxygens (including phenoxy) is 3. The number of nitrogens with zero attached hydrogens (tertiary/aromatic N) is 2. The van der Waals surface area contributed by atoms with Crippen molar-refractivity contribution in [3.63, 3.8) is 0 Å². The molecule has 0 unspecified atom stereocenters. The molecule has 0 spiro atoms. The predicted molar refractivity (Wildman–Crippen MR) is 129 cm³/mol. The average Bonchev–Trinajstić information content (AvgIpc) is 3.48. The van der Waals surface area contributed by atoms with Crippen LogP contribution in [0.4, 0.5) is 0 Å². The molecule has 0 amide bonds. The standard InChI is InChI=1S/C27H28N4O3/c1-15-8-10-19(16(2)12-15)25-24-23(20(14-28)26(29)34-27(24)31-30-25)17-9-11-21(22(13-17)32-3)33-18-6-4-5-7-18/h8-13,18,23H,4-7,29H2,1-3H3,(H,30,31)/t23-/m1/s1. The van der Waals surface area contributed by atoms with Crippen LogP contribution in [0.5, 0.6) is 17.4 Å². The van der Waals surface area contributed by atoms with E-state index in [1.165, 1.54) is 18.4 Å². The number of nitriles is 1. The highest BCUT2D eigenvalue weighted by Gasteiger charge is 2.36. The molecule has 7 nitrogen and oxygen atoms in total. The van der Waals surface area contributed by atoms with Crippen LogP contribution in [0.1, 0.15) is 53.9 Å². The van der Waals surface area contributed by atoms with Gasteiger partial charge in [-0.05, 0) is 62.8 Å². The number of allylic oxidation sites excluding steroid dienone is 1. The molecule has 5 rings (SSSR count). The molecule has 2 aliphatic rings. The van der Waals surface area contributed by atoms with E-state index in [4.69, 9.17) is 19.9 Å². The molecule has 1 atom stereocenters. The minimum absolute atomic E-state index is 0.0592. The molecule has 3 N–H and O–H groups in total. The SMILES string of the molecule is COc1cc([C@@H]2C(C#N)=C(N)Oc3n[nH]c(-c4ccc(C)cc4C)c32)ccc1OC1CCCC1. The summed E-state index contributed by atoms with van der Waals surface area (Å²) in [4.78, 5) is 0. The molecule has 1 aliphatic carbocycles. The molecule has 1 saturated carbocycles. The molecule has 0 bridgehead atoms. The number of methoxy groups -OCH3 is 1. The van der Waals surface area contributed by atoms with Crippen molar-refractivity contribution in [2.24, 2.45) is 5.73 Å². The fraction of sp³-hybridized carbons (Fsp3) is 0.333. The summed E-state index contributed by atoms with van der Waals surface area (Å²) in [7, 11) is 1.63. The predicted octanol–water partition coefficient (Wildman–Crippen LogP) is 5.24. The first-order valence-electron chi connectivity index (χ1n) is 11.6. The van der Waals surface area contributed by atoms with Gasteiger partial charge in [0.05, 0.1) is 30.4 Å². The van der Waals surface area contributed by atoms with Crippen molar-refractivity contribution < 1.29 is 14.2 Å². The second-order valence-corrected chi connectivity index (χ2v) is 9.00. The molecule has 174 valence electrons. The van der Waals surface area contributed by atoms with Gasteiger partial charge in [0, 0.05) is 5.56 Å². The van der Waals surface area contributed by atoms with Crippen molar-refractivity contribution in [2.75, 3.05) is 7.11 Å². The molecule has 34 heavy (non-hydrogen) atoms. The lowest BCUT2D eigenvalue weighted by Gasteiger charge is -2.25. The van der Waals surface area contributed by atoms with Crippen molar-refractivity contribution >= 4 is 0 Å². The van der Waals surface area contributed by atoms with Gasteiger partial charge in [0.1, 0.15) is 11.6 Å². The molecule has 0 radical (unpaired) electrons. The second kappa shape index (κ2) is 8.79. The fourth-order valence-electron chi connectivity index (χ4n) is 5.02. The highest BCUT2D eigenvalue weighted by molar-refractivity contribution is 5.73. The van der Waals surface area contributed by atoms with Gasteiger partial charge in [-0.15, -0.1) is 5.10 Å². The van der Waals surface area contributed by atoms with E-state index >= 15 is 0 Å². The van der Waals surface area contributed by atoms with Crippen LogP contribution >= 0.6 is 0 Å². The van der Waals surface area contributed by atoms with E-state index in [9.17, 15) is 5.26 Å². The van der Waals surface area contributed by atoms with Crippen LogP contribution in [0.3, 0.4) is 0 Å². The van der Waals surface area contributed by atoms with Gasteiger partial charge in [0.2, 0.25) is 11.8 Å². The molecular formula is C27H28N4O3. The van der Waals surface area contributed by atoms with E-state index in [2.05, 4.69) is 48.3 Å². The van der Waals surface area contributed by atoms with Gasteiger partial charge >= 0.3 is 0 Å². The summed E-state index contributed by atoms with van der Waals surface area (Å²) in [5, 5.41) is 17.5. The molecule has 2 aromatic carbocycles. The highest BCUT2D eigenvalue weighted by Crippen LogP contribution is 2.47. The third kappa shape index (κ3) is 3.75. The lowest BCUT2D eigenvalue weighted by Crippen LogP contribution is -2.21. The molecule has 1 aromatic heterocycles. The zero-order valence-electron chi connectivity index (χ0n) is 19.6. The normalized spacial score (nSPS) is 17.8. The molecule has 7 heteroatoms. The van der Waals surface area contributed by atoms with E-state index in [1.807, 2.05) is 18.2 Å². The van der Waals surface area contributed by atoms with Crippen LogP contribution < -0.4 is 19.9 Å². The maximum atomic E-state index is 10.0. The first-order chi connectivity index (χ1) is 16.5. The Morgan fingerprint density at radius 2 is 1.91 bits per heavy atom. The number of aromatic nitrogens is 2. The molecular weight excluding hydrogens is 428 g/mol. The van der Waals surface area contributed by atoms with Crippen molar-refractivity contribution in [3.8, 4) is 34.7 Å². The van der Waals surface area contributed by atoms with Gasteiger partial charge in [-0.1, -0.05) is 29.8 Å². The number of hydrogen-bond acceptors (Lipinski definition) is 6. The van der Waals surface area contributed by atoms with Crippen LogP contribution in [0, 0.1) is 25.2 Å². The Morgan fingerprint density at radius 3 is 2.62 bits per heavy atom.